The van der Waals surface area contributed by atoms with Crippen molar-refractivity contribution >= 4 is 23.2 Å². The Morgan fingerprint density at radius 1 is 1.36 bits per heavy atom. The minimum atomic E-state index is -0.656. The highest BCUT2D eigenvalue weighted by Crippen LogP contribution is 2.34. The van der Waals surface area contributed by atoms with Crippen LogP contribution in [-0.2, 0) is 9.59 Å². The van der Waals surface area contributed by atoms with Crippen molar-refractivity contribution in [1.82, 2.24) is 15.2 Å². The van der Waals surface area contributed by atoms with Gasteiger partial charge in [0.2, 0.25) is 11.8 Å². The molecule has 1 aliphatic heterocycles. The van der Waals surface area contributed by atoms with Gasteiger partial charge >= 0.3 is 0 Å². The molecule has 1 aliphatic carbocycles. The lowest BCUT2D eigenvalue weighted by molar-refractivity contribution is -0.142. The van der Waals surface area contributed by atoms with E-state index in [4.69, 9.17) is 0 Å². The molecule has 1 N–H and O–H groups in total. The fourth-order valence-electron chi connectivity index (χ4n) is 3.81. The summed E-state index contributed by atoms with van der Waals surface area (Å²) in [6, 6.07) is 0. The Kier molecular flexibility index (Phi) is 4.47. The Labute approximate surface area is 135 Å². The normalized spacial score (nSPS) is 24.2. The largest absolute Gasteiger partial charge is 0.342 e. The highest BCUT2D eigenvalue weighted by Gasteiger charge is 2.45. The van der Waals surface area contributed by atoms with Crippen LogP contribution >= 0.6 is 11.3 Å². The van der Waals surface area contributed by atoms with Crippen LogP contribution in [0.5, 0.6) is 0 Å². The van der Waals surface area contributed by atoms with Crippen LogP contribution in [-0.4, -0.2) is 40.3 Å². The summed E-state index contributed by atoms with van der Waals surface area (Å²) >= 11 is 1.67. The molecule has 2 fully saturated rings. The standard InChI is InChI=1S/C16H23N3O2S/c1-12(20)18-16(6-2-3-7-16)15(21)19-9-4-5-13(11-19)14-17-8-10-22-14/h8,10,13H,2-7,9,11H2,1H3,(H,18,20)/t13-/m1/s1. The van der Waals surface area contributed by atoms with Gasteiger partial charge in [0.25, 0.3) is 0 Å². The third-order valence-corrected chi connectivity index (χ3v) is 5.73. The summed E-state index contributed by atoms with van der Waals surface area (Å²) in [6.45, 7) is 3.03. The van der Waals surface area contributed by atoms with Gasteiger partial charge in [-0.2, -0.15) is 0 Å². The topological polar surface area (TPSA) is 62.3 Å². The lowest BCUT2D eigenvalue weighted by Gasteiger charge is -2.38. The van der Waals surface area contributed by atoms with Crippen LogP contribution in [0.15, 0.2) is 11.6 Å². The fourth-order valence-corrected chi connectivity index (χ4v) is 4.58. The number of nitrogens with zero attached hydrogens (tertiary/aromatic N) is 2. The van der Waals surface area contributed by atoms with Gasteiger partial charge in [-0.05, 0) is 25.7 Å². The van der Waals surface area contributed by atoms with Crippen molar-refractivity contribution in [3.8, 4) is 0 Å². The number of rotatable bonds is 3. The predicted molar refractivity (Wildman–Crippen MR) is 85.7 cm³/mol. The molecule has 2 amide bonds. The summed E-state index contributed by atoms with van der Waals surface area (Å²) in [5.41, 5.74) is -0.656. The molecule has 0 bridgehead atoms. The van der Waals surface area contributed by atoms with Crippen LogP contribution in [0.25, 0.3) is 0 Å². The van der Waals surface area contributed by atoms with Gasteiger partial charge in [-0.3, -0.25) is 9.59 Å². The summed E-state index contributed by atoms with van der Waals surface area (Å²) in [7, 11) is 0. The molecule has 1 aromatic rings. The van der Waals surface area contributed by atoms with Crippen LogP contribution in [0.3, 0.4) is 0 Å². The highest BCUT2D eigenvalue weighted by atomic mass is 32.1. The molecule has 1 aromatic heterocycles. The summed E-state index contributed by atoms with van der Waals surface area (Å²) in [4.78, 5) is 31.0. The average Bonchev–Trinajstić information content (AvgIpc) is 3.18. The van der Waals surface area contributed by atoms with Crippen molar-refractivity contribution in [3.63, 3.8) is 0 Å². The summed E-state index contributed by atoms with van der Waals surface area (Å²) in [5, 5.41) is 6.07. The Balaban J connectivity index is 1.74. The average molecular weight is 321 g/mol. The van der Waals surface area contributed by atoms with Crippen molar-refractivity contribution in [2.24, 2.45) is 0 Å². The molecule has 0 unspecified atom stereocenters. The van der Waals surface area contributed by atoms with Crippen molar-refractivity contribution in [1.29, 1.82) is 0 Å². The molecule has 1 saturated heterocycles. The number of amides is 2. The maximum atomic E-state index is 13.1. The molecule has 0 spiro atoms. The minimum Gasteiger partial charge on any atom is -0.342 e. The number of likely N-dealkylation sites (tertiary alicyclic amines) is 1. The van der Waals surface area contributed by atoms with E-state index >= 15 is 0 Å². The van der Waals surface area contributed by atoms with E-state index in [-0.39, 0.29) is 11.8 Å². The lowest BCUT2D eigenvalue weighted by atomic mass is 9.92. The van der Waals surface area contributed by atoms with Crippen molar-refractivity contribution in [2.75, 3.05) is 13.1 Å². The second-order valence-electron chi connectivity index (χ2n) is 6.43. The van der Waals surface area contributed by atoms with Crippen LogP contribution in [0.4, 0.5) is 0 Å². The number of nitrogens with one attached hydrogen (secondary N) is 1. The number of hydrogen-bond donors (Lipinski definition) is 1. The van der Waals surface area contributed by atoms with Gasteiger partial charge in [-0.1, -0.05) is 12.8 Å². The van der Waals surface area contributed by atoms with E-state index in [1.165, 1.54) is 6.92 Å². The fraction of sp³-hybridized carbons (Fsp3) is 0.688. The first-order valence-electron chi connectivity index (χ1n) is 8.08. The quantitative estimate of drug-likeness (QED) is 0.929. The Morgan fingerprint density at radius 3 is 2.77 bits per heavy atom. The van der Waals surface area contributed by atoms with Gasteiger partial charge < -0.3 is 10.2 Å². The molecule has 1 saturated carbocycles. The molecule has 120 valence electrons. The number of aromatic nitrogens is 1. The van der Waals surface area contributed by atoms with Gasteiger partial charge in [-0.15, -0.1) is 11.3 Å². The zero-order valence-electron chi connectivity index (χ0n) is 13.0. The maximum Gasteiger partial charge on any atom is 0.248 e. The highest BCUT2D eigenvalue weighted by molar-refractivity contribution is 7.09. The Hall–Kier alpha value is -1.43. The summed E-state index contributed by atoms with van der Waals surface area (Å²) in [6.07, 6.45) is 7.48. The van der Waals surface area contributed by atoms with E-state index in [1.807, 2.05) is 16.5 Å². The minimum absolute atomic E-state index is 0.108. The first-order chi connectivity index (χ1) is 10.6. The molecular formula is C16H23N3O2S. The molecule has 0 aromatic carbocycles. The maximum absolute atomic E-state index is 13.1. The van der Waals surface area contributed by atoms with E-state index in [0.29, 0.717) is 5.92 Å². The van der Waals surface area contributed by atoms with Gasteiger partial charge in [0.15, 0.2) is 0 Å². The van der Waals surface area contributed by atoms with Crippen LogP contribution in [0.1, 0.15) is 56.4 Å². The van der Waals surface area contributed by atoms with E-state index in [0.717, 1.165) is 56.6 Å². The third-order valence-electron chi connectivity index (χ3n) is 4.79. The number of hydrogen-bond acceptors (Lipinski definition) is 4. The van der Waals surface area contributed by atoms with E-state index in [1.54, 1.807) is 11.3 Å². The summed E-state index contributed by atoms with van der Waals surface area (Å²) < 4.78 is 0. The number of carbonyl (C=O) groups excluding carboxylic acids is 2. The second kappa shape index (κ2) is 6.36. The lowest BCUT2D eigenvalue weighted by Crippen LogP contribution is -2.59. The number of carbonyl (C=O) groups is 2. The van der Waals surface area contributed by atoms with Crippen LogP contribution < -0.4 is 5.32 Å². The number of thiazole rings is 1. The van der Waals surface area contributed by atoms with Gasteiger partial charge in [0.1, 0.15) is 5.54 Å². The van der Waals surface area contributed by atoms with Crippen molar-refractivity contribution in [3.05, 3.63) is 16.6 Å². The van der Waals surface area contributed by atoms with E-state index < -0.39 is 5.54 Å². The van der Waals surface area contributed by atoms with Crippen LogP contribution in [0, 0.1) is 0 Å². The van der Waals surface area contributed by atoms with E-state index in [2.05, 4.69) is 10.3 Å². The first kappa shape index (κ1) is 15.5. The molecule has 6 heteroatoms. The smallest absolute Gasteiger partial charge is 0.248 e. The monoisotopic (exact) mass is 321 g/mol. The molecule has 5 nitrogen and oxygen atoms in total. The van der Waals surface area contributed by atoms with E-state index in [9.17, 15) is 9.59 Å². The summed E-state index contributed by atoms with van der Waals surface area (Å²) in [5.74, 6) is 0.346. The molecule has 22 heavy (non-hydrogen) atoms. The molecule has 0 radical (unpaired) electrons. The molecular weight excluding hydrogens is 298 g/mol. The SMILES string of the molecule is CC(=O)NC1(C(=O)N2CCC[C@@H](c3nccs3)C2)CCCC1. The molecule has 3 rings (SSSR count). The number of piperidine rings is 1. The Bertz CT molecular complexity index is 538. The van der Waals surface area contributed by atoms with Crippen molar-refractivity contribution in [2.45, 2.75) is 56.9 Å². The Morgan fingerprint density at radius 2 is 2.14 bits per heavy atom. The van der Waals surface area contributed by atoms with Gasteiger partial charge in [0, 0.05) is 37.5 Å². The zero-order valence-corrected chi connectivity index (χ0v) is 13.8. The molecule has 2 heterocycles. The zero-order chi connectivity index (χ0) is 15.6. The van der Waals surface area contributed by atoms with Gasteiger partial charge in [-0.25, -0.2) is 4.98 Å². The van der Waals surface area contributed by atoms with Crippen LogP contribution in [0.2, 0.25) is 0 Å². The third kappa shape index (κ3) is 3.02. The second-order valence-corrected chi connectivity index (χ2v) is 7.36. The molecule has 1 atom stereocenters. The van der Waals surface area contributed by atoms with Gasteiger partial charge in [0.05, 0.1) is 5.01 Å². The molecule has 2 aliphatic rings. The first-order valence-corrected chi connectivity index (χ1v) is 8.96. The van der Waals surface area contributed by atoms with Crippen molar-refractivity contribution < 1.29 is 9.59 Å². The predicted octanol–water partition coefficient (Wildman–Crippen LogP) is 2.30.